The third kappa shape index (κ3) is 4.11. The van der Waals surface area contributed by atoms with E-state index in [1.54, 1.807) is 0 Å². The van der Waals surface area contributed by atoms with Crippen molar-refractivity contribution in [1.29, 1.82) is 0 Å². The Morgan fingerprint density at radius 3 is 2.35 bits per heavy atom. The molecule has 5 nitrogen and oxygen atoms in total. The van der Waals surface area contributed by atoms with E-state index in [2.05, 4.69) is 15.9 Å². The van der Waals surface area contributed by atoms with E-state index >= 15 is 0 Å². The number of amides is 2. The molecule has 1 rings (SSSR count). The predicted octanol–water partition coefficient (Wildman–Crippen LogP) is 1.54. The highest BCUT2D eigenvalue weighted by molar-refractivity contribution is 9.09. The first-order valence-electron chi connectivity index (χ1n) is 5.69. The number of likely N-dealkylation sites (tertiary alicyclic amines) is 1. The Morgan fingerprint density at radius 2 is 1.88 bits per heavy atom. The molecular formula is C11H16BrNO4. The zero-order valence-corrected chi connectivity index (χ0v) is 11.1. The van der Waals surface area contributed by atoms with Crippen molar-refractivity contribution in [2.24, 2.45) is 0 Å². The lowest BCUT2D eigenvalue weighted by atomic mass is 10.1. The van der Waals surface area contributed by atoms with Gasteiger partial charge in [0.1, 0.15) is 0 Å². The number of carbonyl (C=O) groups is 3. The largest absolute Gasteiger partial charge is 0.481 e. The van der Waals surface area contributed by atoms with E-state index in [0.29, 0.717) is 24.6 Å². The molecule has 0 aromatic rings. The Labute approximate surface area is 108 Å². The standard InChI is InChI=1S/C11H16BrNO4/c12-7-6-8(2-1-3-11(16)17)13-9(14)4-5-10(13)15/h8H,1-7H2,(H,16,17). The normalized spacial score (nSPS) is 17.6. The fraction of sp³-hybridized carbons (Fsp3) is 0.727. The molecule has 1 N–H and O–H groups in total. The Hall–Kier alpha value is -0.910. The molecular weight excluding hydrogens is 290 g/mol. The molecule has 1 aliphatic heterocycles. The average Bonchev–Trinajstić information content (AvgIpc) is 2.57. The molecule has 2 amide bonds. The molecule has 6 heteroatoms. The maximum atomic E-state index is 11.6. The summed E-state index contributed by atoms with van der Waals surface area (Å²) in [7, 11) is 0. The fourth-order valence-electron chi connectivity index (χ4n) is 2.02. The number of hydrogen-bond donors (Lipinski definition) is 1. The molecule has 0 spiro atoms. The highest BCUT2D eigenvalue weighted by Crippen LogP contribution is 2.21. The number of rotatable bonds is 7. The Kier molecular flexibility index (Phi) is 5.61. The number of alkyl halides is 1. The van der Waals surface area contributed by atoms with Crippen LogP contribution in [0.1, 0.15) is 38.5 Å². The summed E-state index contributed by atoms with van der Waals surface area (Å²) < 4.78 is 0. The number of carbonyl (C=O) groups excluding carboxylic acids is 2. The van der Waals surface area contributed by atoms with Crippen molar-refractivity contribution in [3.05, 3.63) is 0 Å². The second-order valence-corrected chi connectivity index (χ2v) is 4.87. The van der Waals surface area contributed by atoms with Gasteiger partial charge in [0, 0.05) is 30.6 Å². The van der Waals surface area contributed by atoms with E-state index in [0.717, 1.165) is 0 Å². The minimum absolute atomic E-state index is 0.0784. The van der Waals surface area contributed by atoms with Gasteiger partial charge in [0.25, 0.3) is 0 Å². The van der Waals surface area contributed by atoms with Gasteiger partial charge < -0.3 is 5.11 Å². The van der Waals surface area contributed by atoms with Crippen molar-refractivity contribution in [2.75, 3.05) is 5.33 Å². The summed E-state index contributed by atoms with van der Waals surface area (Å²) in [6.45, 7) is 0. The SMILES string of the molecule is O=C(O)CCCC(CCBr)N1C(=O)CCC1=O. The number of nitrogens with zero attached hydrogens (tertiary/aromatic N) is 1. The highest BCUT2D eigenvalue weighted by Gasteiger charge is 2.34. The van der Waals surface area contributed by atoms with Crippen LogP contribution in [0.15, 0.2) is 0 Å². The molecule has 17 heavy (non-hydrogen) atoms. The van der Waals surface area contributed by atoms with Crippen LogP contribution in [-0.2, 0) is 14.4 Å². The van der Waals surface area contributed by atoms with Crippen molar-refractivity contribution in [3.63, 3.8) is 0 Å². The zero-order chi connectivity index (χ0) is 12.8. The summed E-state index contributed by atoms with van der Waals surface area (Å²) in [5.41, 5.74) is 0. The smallest absolute Gasteiger partial charge is 0.303 e. The number of hydrogen-bond acceptors (Lipinski definition) is 3. The number of carboxylic acid groups (broad SMARTS) is 1. The maximum absolute atomic E-state index is 11.6. The van der Waals surface area contributed by atoms with Crippen LogP contribution in [0, 0.1) is 0 Å². The first kappa shape index (κ1) is 14.2. The van der Waals surface area contributed by atoms with E-state index in [1.807, 2.05) is 0 Å². The summed E-state index contributed by atoms with van der Waals surface area (Å²) in [6.07, 6.45) is 2.39. The van der Waals surface area contributed by atoms with Gasteiger partial charge in [0.05, 0.1) is 0 Å². The van der Waals surface area contributed by atoms with E-state index < -0.39 is 5.97 Å². The molecule has 0 aliphatic carbocycles. The lowest BCUT2D eigenvalue weighted by Crippen LogP contribution is -2.39. The zero-order valence-electron chi connectivity index (χ0n) is 9.52. The maximum Gasteiger partial charge on any atom is 0.303 e. The van der Waals surface area contributed by atoms with Crippen LogP contribution in [0.5, 0.6) is 0 Å². The van der Waals surface area contributed by atoms with Crippen molar-refractivity contribution in [3.8, 4) is 0 Å². The van der Waals surface area contributed by atoms with Gasteiger partial charge in [0.2, 0.25) is 11.8 Å². The molecule has 0 bridgehead atoms. The van der Waals surface area contributed by atoms with Crippen molar-refractivity contribution in [1.82, 2.24) is 4.90 Å². The predicted molar refractivity (Wildman–Crippen MR) is 64.8 cm³/mol. The number of aliphatic carboxylic acids is 1. The molecule has 1 fully saturated rings. The fourth-order valence-corrected chi connectivity index (χ4v) is 2.55. The van der Waals surface area contributed by atoms with Gasteiger partial charge in [-0.15, -0.1) is 0 Å². The molecule has 1 aliphatic rings. The minimum atomic E-state index is -0.846. The third-order valence-electron chi connectivity index (χ3n) is 2.83. The van der Waals surface area contributed by atoms with Gasteiger partial charge in [-0.1, -0.05) is 15.9 Å². The summed E-state index contributed by atoms with van der Waals surface area (Å²) in [5, 5.41) is 9.27. The number of carboxylic acids is 1. The van der Waals surface area contributed by atoms with E-state index in [-0.39, 0.29) is 37.1 Å². The average molecular weight is 306 g/mol. The monoisotopic (exact) mass is 305 g/mol. The molecule has 1 unspecified atom stereocenters. The van der Waals surface area contributed by atoms with Gasteiger partial charge in [0.15, 0.2) is 0 Å². The summed E-state index contributed by atoms with van der Waals surface area (Å²) in [5.74, 6) is -1.10. The van der Waals surface area contributed by atoms with Crippen LogP contribution in [0.25, 0.3) is 0 Å². The first-order valence-corrected chi connectivity index (χ1v) is 6.81. The summed E-state index contributed by atoms with van der Waals surface area (Å²) >= 11 is 3.29. The molecule has 96 valence electrons. The first-order chi connectivity index (χ1) is 8.06. The van der Waals surface area contributed by atoms with Crippen molar-refractivity contribution in [2.45, 2.75) is 44.6 Å². The molecule has 1 heterocycles. The molecule has 0 saturated carbocycles. The Bertz CT molecular complexity index is 303. The van der Waals surface area contributed by atoms with Crippen LogP contribution in [0.2, 0.25) is 0 Å². The molecule has 1 saturated heterocycles. The lowest BCUT2D eigenvalue weighted by molar-refractivity contribution is -0.141. The second-order valence-electron chi connectivity index (χ2n) is 4.07. The van der Waals surface area contributed by atoms with Crippen LogP contribution < -0.4 is 0 Å². The molecule has 0 aromatic heterocycles. The van der Waals surface area contributed by atoms with E-state index in [4.69, 9.17) is 5.11 Å². The van der Waals surface area contributed by atoms with Crippen LogP contribution in [0.3, 0.4) is 0 Å². The van der Waals surface area contributed by atoms with Crippen LogP contribution in [-0.4, -0.2) is 39.2 Å². The van der Waals surface area contributed by atoms with E-state index in [1.165, 1.54) is 4.90 Å². The quantitative estimate of drug-likeness (QED) is 0.572. The van der Waals surface area contributed by atoms with Gasteiger partial charge >= 0.3 is 5.97 Å². The summed E-state index contributed by atoms with van der Waals surface area (Å²) in [4.78, 5) is 34.9. The summed E-state index contributed by atoms with van der Waals surface area (Å²) in [6, 6.07) is -0.156. The third-order valence-corrected chi connectivity index (χ3v) is 3.28. The number of imide groups is 1. The van der Waals surface area contributed by atoms with E-state index in [9.17, 15) is 14.4 Å². The van der Waals surface area contributed by atoms with Gasteiger partial charge in [-0.3, -0.25) is 19.3 Å². The van der Waals surface area contributed by atoms with Crippen LogP contribution >= 0.6 is 15.9 Å². The van der Waals surface area contributed by atoms with Gasteiger partial charge in [-0.05, 0) is 19.3 Å². The minimum Gasteiger partial charge on any atom is -0.481 e. The molecule has 0 aromatic carbocycles. The highest BCUT2D eigenvalue weighted by atomic mass is 79.9. The molecule has 1 atom stereocenters. The second kappa shape index (κ2) is 6.74. The Balaban J connectivity index is 2.55. The van der Waals surface area contributed by atoms with Crippen LogP contribution in [0.4, 0.5) is 0 Å². The van der Waals surface area contributed by atoms with Crippen molar-refractivity contribution < 1.29 is 19.5 Å². The van der Waals surface area contributed by atoms with Gasteiger partial charge in [-0.2, -0.15) is 0 Å². The topological polar surface area (TPSA) is 74.7 Å². The van der Waals surface area contributed by atoms with Crippen molar-refractivity contribution >= 4 is 33.7 Å². The Morgan fingerprint density at radius 1 is 1.29 bits per heavy atom. The molecule has 0 radical (unpaired) electrons. The lowest BCUT2D eigenvalue weighted by Gasteiger charge is -2.25. The van der Waals surface area contributed by atoms with Gasteiger partial charge in [-0.25, -0.2) is 0 Å². The number of halogens is 1.